The Morgan fingerprint density at radius 3 is 0.868 bits per heavy atom. The molecule has 32 heteroatoms. The highest BCUT2D eigenvalue weighted by atomic mass is 19.1. The predicted octanol–water partition coefficient (Wildman–Crippen LogP) is 13.3. The average Bonchev–Trinajstić information content (AvgIpc) is 1.77. The van der Waals surface area contributed by atoms with Crippen molar-refractivity contribution in [2.45, 2.75) is 226 Å². The second-order valence-electron chi connectivity index (χ2n) is 35.0. The zero-order chi connectivity index (χ0) is 91.9. The van der Waals surface area contributed by atoms with Gasteiger partial charge in [0.2, 0.25) is 0 Å². The minimum absolute atomic E-state index is 0.0960. The van der Waals surface area contributed by atoms with E-state index in [1.165, 1.54) is 50.7 Å². The number of anilines is 6. The summed E-state index contributed by atoms with van der Waals surface area (Å²) in [6.07, 6.45) is 8.72. The number of aromatic amines is 6. The van der Waals surface area contributed by atoms with Gasteiger partial charge in [0.05, 0.1) is 69.6 Å². The molecule has 1 fully saturated rings. The highest BCUT2D eigenvalue weighted by Gasteiger charge is 2.35. The van der Waals surface area contributed by atoms with Crippen molar-refractivity contribution in [2.75, 3.05) is 31.9 Å². The number of nitrogens with zero attached hydrogens (tertiary/aromatic N) is 6. The third-order valence-corrected chi connectivity index (χ3v) is 24.7. The third-order valence-electron chi connectivity index (χ3n) is 24.7. The van der Waals surface area contributed by atoms with E-state index >= 15 is 0 Å². The molecule has 676 valence electrons. The van der Waals surface area contributed by atoms with Crippen LogP contribution in [0.5, 0.6) is 0 Å². The molecule has 12 aromatic rings. The van der Waals surface area contributed by atoms with Crippen molar-refractivity contribution in [3.63, 3.8) is 0 Å². The lowest BCUT2D eigenvalue weighted by molar-refractivity contribution is 0.458. The number of aromatic nitrogens is 12. The number of hydrogen-bond donors (Lipinski definition) is 12. The summed E-state index contributed by atoms with van der Waals surface area (Å²) in [5.41, 5.74) is 6.84. The van der Waals surface area contributed by atoms with Crippen LogP contribution in [0.25, 0.3) is 0 Å². The van der Waals surface area contributed by atoms with Crippen LogP contribution >= 0.6 is 0 Å². The minimum Gasteiger partial charge on any atom is -0.364 e. The second kappa shape index (κ2) is 39.5. The van der Waals surface area contributed by atoms with Gasteiger partial charge in [-0.1, -0.05) is 166 Å². The van der Waals surface area contributed by atoms with Gasteiger partial charge in [-0.15, -0.1) is 0 Å². The van der Waals surface area contributed by atoms with E-state index in [1.807, 2.05) is 145 Å². The Labute approximate surface area is 740 Å². The number of rotatable bonds is 12. The van der Waals surface area contributed by atoms with Gasteiger partial charge in [0.1, 0.15) is 46.5 Å². The molecule has 12 N–H and O–H groups in total. The molecule has 129 heavy (non-hydrogen) atoms. The quantitative estimate of drug-likeness (QED) is 0.0540. The molecule has 0 spiro atoms. The number of hydrogen-bond acceptors (Lipinski definition) is 18. The smallest absolute Gasteiger partial charge is 0.330 e. The molecular weight excluding hydrogens is 1650 g/mol. The van der Waals surface area contributed by atoms with Gasteiger partial charge in [-0.3, -0.25) is 86.1 Å². The van der Waals surface area contributed by atoms with Crippen molar-refractivity contribution in [3.8, 4) is 0 Å². The zero-order valence-corrected chi connectivity index (χ0v) is 74.2. The molecule has 1 saturated carbocycles. The summed E-state index contributed by atoms with van der Waals surface area (Å²) in [7, 11) is 0. The summed E-state index contributed by atoms with van der Waals surface area (Å²) in [6.45, 7) is 21.0. The monoisotopic (exact) mass is 1760 g/mol. The molecule has 1 aliphatic carbocycles. The SMILES string of the molecule is CC(C)n1c(=O)[nH]c2c(c1=O)CC[C@@H](c1ccccc1)N2.CC(C)n1c(=O)[nH]c2c(c1=O)CC[C@H](c1cc(F)cc(F)c1)N2.CC(C)n1c(=O)[nH]c2c(c1=O)C[C@@H](C)[C@H](c1ccccc1)N2.CC(C)n1c(=O)[nH]c2c(c1=O)C[C@H](C)[C@H](c1ccccc1)N2.CCn1c(=O)[nH]c2c(c1=O)CC[C@@H](c1ccccc1)N2.O=c1[nH]c2c(c(=O)n1C1CC1)CC[C@H](c1ccccc1)N2. The molecule has 0 radical (unpaired) electrons. The molecule has 6 aromatic carbocycles. The van der Waals surface area contributed by atoms with E-state index in [-0.39, 0.29) is 140 Å². The lowest BCUT2D eigenvalue weighted by Crippen LogP contribution is -2.42. The minimum atomic E-state index is -0.656. The fraction of sp³-hybridized carbons (Fsp3) is 0.381. The van der Waals surface area contributed by atoms with E-state index in [1.54, 1.807) is 20.8 Å². The molecule has 30 nitrogen and oxygen atoms in total. The first-order chi connectivity index (χ1) is 61.9. The Balaban J connectivity index is 0.000000125. The second-order valence-corrected chi connectivity index (χ2v) is 35.0. The lowest BCUT2D eigenvalue weighted by Gasteiger charge is -2.32. The van der Waals surface area contributed by atoms with Crippen LogP contribution in [0, 0.1) is 23.5 Å². The molecule has 0 amide bonds. The van der Waals surface area contributed by atoms with E-state index in [0.717, 1.165) is 54.9 Å². The van der Waals surface area contributed by atoms with Crippen molar-refractivity contribution in [2.24, 2.45) is 11.8 Å². The van der Waals surface area contributed by atoms with Crippen molar-refractivity contribution in [3.05, 3.63) is 373 Å². The van der Waals surface area contributed by atoms with Crippen molar-refractivity contribution < 1.29 is 8.78 Å². The molecule has 6 aliphatic heterocycles. The van der Waals surface area contributed by atoms with Crippen LogP contribution in [0.4, 0.5) is 43.7 Å². The van der Waals surface area contributed by atoms with Crippen LogP contribution in [-0.4, -0.2) is 57.3 Å². The summed E-state index contributed by atoms with van der Waals surface area (Å²) in [6, 6.07) is 53.4. The summed E-state index contributed by atoms with van der Waals surface area (Å²) in [5, 5.41) is 19.6. The number of fused-ring (bicyclic) bond motifs is 6. The molecule has 8 atom stereocenters. The average molecular weight is 1760 g/mol. The first kappa shape index (κ1) is 91.3. The first-order valence-corrected chi connectivity index (χ1v) is 44.4. The van der Waals surface area contributed by atoms with E-state index in [9.17, 15) is 66.3 Å². The maximum Gasteiger partial charge on any atom is 0.330 e. The Morgan fingerprint density at radius 2 is 0.566 bits per heavy atom. The normalized spacial score (nSPS) is 18.9. The number of halogens is 2. The van der Waals surface area contributed by atoms with Crippen molar-refractivity contribution >= 4 is 34.9 Å². The van der Waals surface area contributed by atoms with Gasteiger partial charge in [-0.05, 0) is 197 Å². The van der Waals surface area contributed by atoms with Crippen LogP contribution < -0.4 is 99.4 Å². The van der Waals surface area contributed by atoms with Crippen molar-refractivity contribution in [1.29, 1.82) is 0 Å². The van der Waals surface area contributed by atoms with Gasteiger partial charge in [0.25, 0.3) is 33.4 Å². The summed E-state index contributed by atoms with van der Waals surface area (Å²) < 4.78 is 34.4. The van der Waals surface area contributed by atoms with E-state index < -0.39 is 17.3 Å². The highest BCUT2D eigenvalue weighted by molar-refractivity contribution is 5.54. The largest absolute Gasteiger partial charge is 0.364 e. The number of H-pyrrole nitrogens is 6. The van der Waals surface area contributed by atoms with Gasteiger partial charge < -0.3 is 31.9 Å². The molecule has 6 aromatic heterocycles. The molecule has 12 heterocycles. The Bertz CT molecular complexity index is 6560. The molecule has 19 rings (SSSR count). The fourth-order valence-corrected chi connectivity index (χ4v) is 18.0. The van der Waals surface area contributed by atoms with Gasteiger partial charge in [-0.2, -0.15) is 0 Å². The van der Waals surface area contributed by atoms with E-state index in [4.69, 9.17) is 0 Å². The maximum absolute atomic E-state index is 13.4. The Kier molecular flexibility index (Phi) is 28.0. The lowest BCUT2D eigenvalue weighted by atomic mass is 9.86. The highest BCUT2D eigenvalue weighted by Crippen LogP contribution is 2.39. The Hall–Kier alpha value is -13.9. The first-order valence-electron chi connectivity index (χ1n) is 44.4. The third kappa shape index (κ3) is 20.1. The summed E-state index contributed by atoms with van der Waals surface area (Å²) in [4.78, 5) is 164. The topological polar surface area (TPSA) is 401 Å². The molecule has 7 aliphatic rings. The van der Waals surface area contributed by atoms with Crippen LogP contribution in [0.2, 0.25) is 0 Å². The summed E-state index contributed by atoms with van der Waals surface area (Å²) in [5.74, 6) is 2.44. The van der Waals surface area contributed by atoms with Crippen LogP contribution in [0.1, 0.15) is 248 Å². The molecule has 0 saturated heterocycles. The number of nitrogens with one attached hydrogen (secondary N) is 12. The predicted molar refractivity (Wildman–Crippen MR) is 499 cm³/mol. The van der Waals surface area contributed by atoms with Gasteiger partial charge in [0.15, 0.2) is 0 Å². The van der Waals surface area contributed by atoms with Gasteiger partial charge >= 0.3 is 34.1 Å². The van der Waals surface area contributed by atoms with E-state index in [0.29, 0.717) is 125 Å². The molecule has 0 unspecified atom stereocenters. The van der Waals surface area contributed by atoms with E-state index in [2.05, 4.69) is 124 Å². The van der Waals surface area contributed by atoms with Crippen LogP contribution in [0.3, 0.4) is 0 Å². The molecular formula is C97H112F2N18O12. The van der Waals surface area contributed by atoms with Gasteiger partial charge in [-0.25, -0.2) is 37.5 Å². The standard InChI is InChI=1S/2C17H21N3O2.C16H17F2N3O2.C16H17N3O2.C16H19N3O2.C15H17N3O2/c2*1-10(2)20-16(21)13-9-11(3)14(12-7-5-4-6-8-12)18-15(13)19-17(20)22;1-8(2)21-15(22)12-3-4-13(19-14(12)20-16(21)23)9-5-10(17)7-11(18)6-9;20-15-12-8-9-13(10-4-2-1-3-5-10)17-14(12)18-16(21)19(15)11-6-7-11;1-10(2)19-15(20)12-8-9-13(11-6-4-3-5-7-11)17-14(12)18-16(19)21;1-2-18-14(19)11-8-9-12(10-6-4-3-5-7-10)16-13(11)17-15(18)20/h2*4-8,10-11,14,18H,9H2,1-3H3,(H,19,22);5-8,13,19H,3-4H2,1-2H3,(H,20,23);1-5,11,13,17H,6-9H2,(H,18,21);3-7,10,13,17H,8-9H2,1-2H3,(H,18,21);3-7,12,16H,2,8-9H2,1H3,(H,17,20)/t11-,14+;11-,14-;3*13-;12-/m011100/s1. The Morgan fingerprint density at radius 1 is 0.302 bits per heavy atom. The molecule has 0 bridgehead atoms. The van der Waals surface area contributed by atoms with Crippen LogP contribution in [0.15, 0.2) is 227 Å². The number of benzene rings is 6. The van der Waals surface area contributed by atoms with Gasteiger partial charge in [0, 0.05) is 42.8 Å². The zero-order valence-electron chi connectivity index (χ0n) is 74.2. The fourth-order valence-electron chi connectivity index (χ4n) is 18.0. The maximum atomic E-state index is 13.4. The van der Waals surface area contributed by atoms with Crippen molar-refractivity contribution in [1.82, 2.24) is 57.3 Å². The summed E-state index contributed by atoms with van der Waals surface area (Å²) >= 11 is 0. The van der Waals surface area contributed by atoms with Crippen LogP contribution in [-0.2, 0) is 45.1 Å².